The molecule has 0 bridgehead atoms. The highest BCUT2D eigenvalue weighted by Gasteiger charge is 2.30. The SMILES string of the molecule is CN1CCN([C@H]2CCC(CN(C)Cc3ccccc3)C2)CC1. The molecule has 3 rings (SSSR count). The summed E-state index contributed by atoms with van der Waals surface area (Å²) in [6.07, 6.45) is 4.23. The van der Waals surface area contributed by atoms with Gasteiger partial charge in [0.15, 0.2) is 0 Å². The lowest BCUT2D eigenvalue weighted by Gasteiger charge is -2.36. The third-order valence-corrected chi connectivity index (χ3v) is 5.43. The highest BCUT2D eigenvalue weighted by atomic mass is 15.3. The third kappa shape index (κ3) is 4.31. The van der Waals surface area contributed by atoms with E-state index in [1.807, 2.05) is 0 Å². The largest absolute Gasteiger partial charge is 0.304 e. The molecule has 2 atom stereocenters. The average Bonchev–Trinajstić information content (AvgIpc) is 2.97. The van der Waals surface area contributed by atoms with Crippen LogP contribution in [0.25, 0.3) is 0 Å². The van der Waals surface area contributed by atoms with Gasteiger partial charge >= 0.3 is 0 Å². The van der Waals surface area contributed by atoms with Crippen molar-refractivity contribution in [1.82, 2.24) is 14.7 Å². The van der Waals surface area contributed by atoms with Crippen LogP contribution in [0.1, 0.15) is 24.8 Å². The normalized spacial score (nSPS) is 27.6. The van der Waals surface area contributed by atoms with Crippen molar-refractivity contribution in [2.45, 2.75) is 31.8 Å². The molecular formula is C19H31N3. The number of piperazine rings is 1. The molecule has 2 fully saturated rings. The Morgan fingerprint density at radius 2 is 1.77 bits per heavy atom. The van der Waals surface area contributed by atoms with Crippen molar-refractivity contribution in [3.8, 4) is 0 Å². The van der Waals surface area contributed by atoms with Gasteiger partial charge in [-0.3, -0.25) is 4.90 Å². The van der Waals surface area contributed by atoms with Crippen LogP contribution >= 0.6 is 0 Å². The van der Waals surface area contributed by atoms with Crippen molar-refractivity contribution in [3.05, 3.63) is 35.9 Å². The summed E-state index contributed by atoms with van der Waals surface area (Å²) in [4.78, 5) is 7.71. The van der Waals surface area contributed by atoms with E-state index in [0.29, 0.717) is 0 Å². The number of benzene rings is 1. The Morgan fingerprint density at radius 3 is 2.50 bits per heavy atom. The molecule has 2 aliphatic rings. The molecule has 1 heterocycles. The summed E-state index contributed by atoms with van der Waals surface area (Å²) < 4.78 is 0. The van der Waals surface area contributed by atoms with Crippen molar-refractivity contribution >= 4 is 0 Å². The molecule has 1 aliphatic carbocycles. The third-order valence-electron chi connectivity index (χ3n) is 5.43. The van der Waals surface area contributed by atoms with E-state index in [4.69, 9.17) is 0 Å². The lowest BCUT2D eigenvalue weighted by molar-refractivity contribution is 0.110. The van der Waals surface area contributed by atoms with E-state index >= 15 is 0 Å². The van der Waals surface area contributed by atoms with Crippen LogP contribution in [0, 0.1) is 5.92 Å². The standard InChI is InChI=1S/C19H31N3/c1-20-10-12-22(13-11-20)19-9-8-18(14-19)16-21(2)15-17-6-4-3-5-7-17/h3-7,18-19H,8-16H2,1-2H3/t18?,19-/m0/s1. The first-order valence-electron chi connectivity index (χ1n) is 8.86. The van der Waals surface area contributed by atoms with Gasteiger partial charge in [-0.05, 0) is 44.8 Å². The average molecular weight is 301 g/mol. The summed E-state index contributed by atoms with van der Waals surface area (Å²) in [6.45, 7) is 7.36. The van der Waals surface area contributed by atoms with Gasteiger partial charge in [0.05, 0.1) is 0 Å². The first-order valence-corrected chi connectivity index (χ1v) is 8.86. The second-order valence-corrected chi connectivity index (χ2v) is 7.35. The summed E-state index contributed by atoms with van der Waals surface area (Å²) in [5.74, 6) is 0.887. The van der Waals surface area contributed by atoms with Crippen LogP contribution < -0.4 is 0 Å². The van der Waals surface area contributed by atoms with Crippen molar-refractivity contribution in [2.24, 2.45) is 5.92 Å². The summed E-state index contributed by atoms with van der Waals surface area (Å²) in [6, 6.07) is 11.7. The van der Waals surface area contributed by atoms with Crippen LogP contribution in [0.5, 0.6) is 0 Å². The van der Waals surface area contributed by atoms with Crippen LogP contribution in [-0.2, 0) is 6.54 Å². The highest BCUT2D eigenvalue weighted by Crippen LogP contribution is 2.30. The molecule has 0 amide bonds. The second-order valence-electron chi connectivity index (χ2n) is 7.35. The number of hydrogen-bond donors (Lipinski definition) is 0. The monoisotopic (exact) mass is 301 g/mol. The summed E-state index contributed by atoms with van der Waals surface area (Å²) in [7, 11) is 4.52. The van der Waals surface area contributed by atoms with E-state index in [0.717, 1.165) is 18.5 Å². The van der Waals surface area contributed by atoms with Gasteiger partial charge in [0, 0.05) is 45.3 Å². The molecule has 1 saturated carbocycles. The Kier molecular flexibility index (Phi) is 5.51. The molecule has 122 valence electrons. The summed E-state index contributed by atoms with van der Waals surface area (Å²) in [5, 5.41) is 0. The van der Waals surface area contributed by atoms with Gasteiger partial charge in [0.1, 0.15) is 0 Å². The predicted octanol–water partition coefficient (Wildman–Crippen LogP) is 2.53. The van der Waals surface area contributed by atoms with Crippen LogP contribution in [0.15, 0.2) is 30.3 Å². The molecule has 0 N–H and O–H groups in total. The Hall–Kier alpha value is -0.900. The van der Waals surface area contributed by atoms with E-state index in [-0.39, 0.29) is 0 Å². The highest BCUT2D eigenvalue weighted by molar-refractivity contribution is 5.14. The minimum absolute atomic E-state index is 0.851. The number of rotatable bonds is 5. The van der Waals surface area contributed by atoms with Crippen LogP contribution in [0.4, 0.5) is 0 Å². The Balaban J connectivity index is 1.42. The van der Waals surface area contributed by atoms with Crippen molar-refractivity contribution in [2.75, 3.05) is 46.8 Å². The molecule has 0 spiro atoms. The van der Waals surface area contributed by atoms with Crippen molar-refractivity contribution in [3.63, 3.8) is 0 Å². The first-order chi connectivity index (χ1) is 10.7. The number of hydrogen-bond acceptors (Lipinski definition) is 3. The number of nitrogens with zero attached hydrogens (tertiary/aromatic N) is 3. The summed E-state index contributed by atoms with van der Waals surface area (Å²) >= 11 is 0. The summed E-state index contributed by atoms with van der Waals surface area (Å²) in [5.41, 5.74) is 1.43. The van der Waals surface area contributed by atoms with Gasteiger partial charge in [0.25, 0.3) is 0 Å². The Morgan fingerprint density at radius 1 is 1.05 bits per heavy atom. The fraction of sp³-hybridized carbons (Fsp3) is 0.684. The van der Waals surface area contributed by atoms with E-state index in [9.17, 15) is 0 Å². The molecule has 3 nitrogen and oxygen atoms in total. The van der Waals surface area contributed by atoms with Gasteiger partial charge in [0.2, 0.25) is 0 Å². The lowest BCUT2D eigenvalue weighted by Crippen LogP contribution is -2.48. The van der Waals surface area contributed by atoms with Crippen LogP contribution in [0.3, 0.4) is 0 Å². The molecule has 0 aromatic heterocycles. The van der Waals surface area contributed by atoms with Gasteiger partial charge < -0.3 is 9.80 Å². The second kappa shape index (κ2) is 7.58. The maximum atomic E-state index is 2.75. The minimum Gasteiger partial charge on any atom is -0.304 e. The number of likely N-dealkylation sites (N-methyl/N-ethyl adjacent to an activating group) is 1. The quantitative estimate of drug-likeness (QED) is 0.827. The van der Waals surface area contributed by atoms with Crippen LogP contribution in [-0.4, -0.2) is 67.6 Å². The Bertz CT molecular complexity index is 439. The Labute approximate surface area is 135 Å². The van der Waals surface area contributed by atoms with E-state index < -0.39 is 0 Å². The van der Waals surface area contributed by atoms with E-state index in [1.165, 1.54) is 57.5 Å². The fourth-order valence-corrected chi connectivity index (χ4v) is 4.13. The molecule has 1 aliphatic heterocycles. The zero-order valence-corrected chi connectivity index (χ0v) is 14.2. The zero-order valence-electron chi connectivity index (χ0n) is 14.2. The predicted molar refractivity (Wildman–Crippen MR) is 93.0 cm³/mol. The van der Waals surface area contributed by atoms with Crippen molar-refractivity contribution < 1.29 is 0 Å². The maximum Gasteiger partial charge on any atom is 0.0230 e. The fourth-order valence-electron chi connectivity index (χ4n) is 4.13. The van der Waals surface area contributed by atoms with E-state index in [1.54, 1.807) is 0 Å². The van der Waals surface area contributed by atoms with Gasteiger partial charge in [-0.2, -0.15) is 0 Å². The first kappa shape index (κ1) is 16.0. The molecule has 1 aromatic carbocycles. The molecule has 1 saturated heterocycles. The zero-order chi connectivity index (χ0) is 15.4. The van der Waals surface area contributed by atoms with Crippen LogP contribution in [0.2, 0.25) is 0 Å². The molecule has 22 heavy (non-hydrogen) atoms. The maximum absolute atomic E-state index is 2.75. The van der Waals surface area contributed by atoms with E-state index in [2.05, 4.69) is 59.1 Å². The van der Waals surface area contributed by atoms with Crippen molar-refractivity contribution in [1.29, 1.82) is 0 Å². The molecule has 1 aromatic rings. The molecule has 3 heteroatoms. The molecular weight excluding hydrogens is 270 g/mol. The lowest BCUT2D eigenvalue weighted by atomic mass is 10.1. The smallest absolute Gasteiger partial charge is 0.0230 e. The minimum atomic E-state index is 0.851. The van der Waals surface area contributed by atoms with Gasteiger partial charge in [-0.15, -0.1) is 0 Å². The van der Waals surface area contributed by atoms with Gasteiger partial charge in [-0.1, -0.05) is 30.3 Å². The molecule has 1 unspecified atom stereocenters. The van der Waals surface area contributed by atoms with Gasteiger partial charge in [-0.25, -0.2) is 0 Å². The molecule has 0 radical (unpaired) electrons. The topological polar surface area (TPSA) is 9.72 Å².